The number of hydrogen-bond donors (Lipinski definition) is 2. The number of H-pyrrole nitrogens is 1. The van der Waals surface area contributed by atoms with Gasteiger partial charge < -0.3 is 10.3 Å². The third-order valence-corrected chi connectivity index (χ3v) is 7.21. The van der Waals surface area contributed by atoms with Crippen molar-refractivity contribution in [3.05, 3.63) is 68.6 Å². The first kappa shape index (κ1) is 18.1. The molecule has 1 amide bonds. The summed E-state index contributed by atoms with van der Waals surface area (Å²) in [4.78, 5) is 27.2. The Balaban J connectivity index is 1.64. The molecule has 0 bridgehead atoms. The van der Waals surface area contributed by atoms with E-state index in [0.717, 1.165) is 11.3 Å². The van der Waals surface area contributed by atoms with Crippen LogP contribution in [0.3, 0.4) is 0 Å². The minimum Gasteiger partial charge on any atom is -0.348 e. The van der Waals surface area contributed by atoms with Crippen LogP contribution in [0, 0.1) is 13.8 Å². The molecule has 1 aliphatic heterocycles. The molecule has 4 nitrogen and oxygen atoms in total. The number of nitrogens with one attached hydrogen (secondary N) is 2. The molecule has 1 aromatic heterocycles. The number of rotatable bonds is 4. The molecule has 0 radical (unpaired) electrons. The van der Waals surface area contributed by atoms with Crippen LogP contribution in [0.4, 0.5) is 0 Å². The zero-order valence-electron chi connectivity index (χ0n) is 14.4. The van der Waals surface area contributed by atoms with E-state index in [9.17, 15) is 9.59 Å². The number of pyridine rings is 1. The number of hydrogen-bond acceptors (Lipinski definition) is 4. The van der Waals surface area contributed by atoms with Gasteiger partial charge in [0.15, 0.2) is 0 Å². The minimum atomic E-state index is -0.158. The van der Waals surface area contributed by atoms with Crippen molar-refractivity contribution in [2.24, 2.45) is 0 Å². The molecule has 25 heavy (non-hydrogen) atoms. The van der Waals surface area contributed by atoms with Gasteiger partial charge in [0.25, 0.3) is 11.5 Å². The number of benzene rings is 1. The van der Waals surface area contributed by atoms with Gasteiger partial charge in [-0.2, -0.15) is 0 Å². The van der Waals surface area contributed by atoms with Gasteiger partial charge in [-0.25, -0.2) is 0 Å². The van der Waals surface area contributed by atoms with Crippen LogP contribution in [0.15, 0.2) is 35.1 Å². The van der Waals surface area contributed by atoms with Gasteiger partial charge in [0.1, 0.15) is 0 Å². The summed E-state index contributed by atoms with van der Waals surface area (Å²) >= 11 is 3.93. The number of carbonyl (C=O) groups excluding carboxylic acids is 1. The van der Waals surface area contributed by atoms with E-state index in [2.05, 4.69) is 10.3 Å². The second kappa shape index (κ2) is 8.15. The van der Waals surface area contributed by atoms with Crippen molar-refractivity contribution in [1.29, 1.82) is 0 Å². The standard InChI is InChI=1S/C19H22N2O2S2/c1-12-10-13(2)21-18(23)16(12)11-20-17(22)14-4-6-15(7-5-14)19-24-8-3-9-25-19/h4-7,10,19H,3,8-9,11H2,1-2H3,(H,20,22)(H,21,23). The van der Waals surface area contributed by atoms with Crippen LogP contribution in [0.1, 0.15) is 43.7 Å². The zero-order chi connectivity index (χ0) is 17.8. The summed E-state index contributed by atoms with van der Waals surface area (Å²) in [5.41, 5.74) is 4.06. The van der Waals surface area contributed by atoms with Crippen LogP contribution >= 0.6 is 23.5 Å². The molecule has 1 fully saturated rings. The second-order valence-electron chi connectivity index (χ2n) is 6.17. The van der Waals surface area contributed by atoms with Crippen molar-refractivity contribution >= 4 is 29.4 Å². The molecule has 0 aliphatic carbocycles. The Morgan fingerprint density at radius 3 is 2.52 bits per heavy atom. The summed E-state index contributed by atoms with van der Waals surface area (Å²) in [6.07, 6.45) is 1.27. The maximum Gasteiger partial charge on any atom is 0.253 e. The highest BCUT2D eigenvalue weighted by atomic mass is 32.2. The summed E-state index contributed by atoms with van der Waals surface area (Å²) < 4.78 is 0.472. The molecular weight excluding hydrogens is 352 g/mol. The van der Waals surface area contributed by atoms with Crippen LogP contribution in [0.25, 0.3) is 0 Å². The summed E-state index contributed by atoms with van der Waals surface area (Å²) in [5, 5.41) is 2.85. The summed E-state index contributed by atoms with van der Waals surface area (Å²) in [6.45, 7) is 3.97. The van der Waals surface area contributed by atoms with E-state index >= 15 is 0 Å². The molecule has 1 aliphatic rings. The molecule has 0 saturated carbocycles. The molecule has 1 aromatic carbocycles. The van der Waals surface area contributed by atoms with Crippen LogP contribution in [0.2, 0.25) is 0 Å². The van der Waals surface area contributed by atoms with Gasteiger partial charge >= 0.3 is 0 Å². The lowest BCUT2D eigenvalue weighted by molar-refractivity contribution is 0.0950. The molecule has 6 heteroatoms. The monoisotopic (exact) mass is 374 g/mol. The molecule has 1 saturated heterocycles. The highest BCUT2D eigenvalue weighted by molar-refractivity contribution is 8.16. The predicted molar refractivity (Wildman–Crippen MR) is 106 cm³/mol. The van der Waals surface area contributed by atoms with Crippen LogP contribution in [0.5, 0.6) is 0 Å². The van der Waals surface area contributed by atoms with E-state index in [1.54, 1.807) is 0 Å². The minimum absolute atomic E-state index is 0.139. The van der Waals surface area contributed by atoms with E-state index in [1.165, 1.54) is 23.5 Å². The lowest BCUT2D eigenvalue weighted by Crippen LogP contribution is -2.27. The number of carbonyl (C=O) groups is 1. The lowest BCUT2D eigenvalue weighted by Gasteiger charge is -2.21. The molecule has 0 spiro atoms. The Labute approximate surface area is 156 Å². The molecule has 0 atom stereocenters. The zero-order valence-corrected chi connectivity index (χ0v) is 16.1. The normalized spacial score (nSPS) is 15.1. The maximum atomic E-state index is 12.4. The quantitative estimate of drug-likeness (QED) is 0.855. The molecule has 2 aromatic rings. The van der Waals surface area contributed by atoms with Gasteiger partial charge in [-0.1, -0.05) is 12.1 Å². The first-order chi connectivity index (χ1) is 12.0. The Morgan fingerprint density at radius 2 is 1.88 bits per heavy atom. The Bertz CT molecular complexity index is 809. The van der Waals surface area contributed by atoms with Gasteiger partial charge in [0, 0.05) is 23.4 Å². The summed E-state index contributed by atoms with van der Waals surface area (Å²) in [5.74, 6) is 2.24. The van der Waals surface area contributed by atoms with Crippen LogP contribution in [-0.2, 0) is 6.54 Å². The predicted octanol–water partition coefficient (Wildman–Crippen LogP) is 3.79. The average molecular weight is 375 g/mol. The van der Waals surface area contributed by atoms with Gasteiger partial charge in [-0.3, -0.25) is 9.59 Å². The van der Waals surface area contributed by atoms with E-state index in [0.29, 0.717) is 15.7 Å². The third-order valence-electron chi connectivity index (χ3n) is 4.19. The van der Waals surface area contributed by atoms with Crippen molar-refractivity contribution in [2.75, 3.05) is 11.5 Å². The largest absolute Gasteiger partial charge is 0.348 e. The number of aromatic nitrogens is 1. The van der Waals surface area contributed by atoms with Gasteiger partial charge in [0.05, 0.1) is 4.58 Å². The average Bonchev–Trinajstić information content (AvgIpc) is 2.61. The number of aryl methyl sites for hydroxylation is 2. The highest BCUT2D eigenvalue weighted by Gasteiger charge is 2.17. The van der Waals surface area contributed by atoms with Crippen LogP contribution in [-0.4, -0.2) is 22.4 Å². The summed E-state index contributed by atoms with van der Waals surface area (Å²) in [7, 11) is 0. The van der Waals surface area contributed by atoms with Crippen molar-refractivity contribution in [2.45, 2.75) is 31.4 Å². The maximum absolute atomic E-state index is 12.4. The van der Waals surface area contributed by atoms with Crippen molar-refractivity contribution in [3.8, 4) is 0 Å². The second-order valence-corrected chi connectivity index (χ2v) is 8.90. The fraction of sp³-hybridized carbons (Fsp3) is 0.368. The van der Waals surface area contributed by atoms with E-state index in [-0.39, 0.29) is 18.0 Å². The van der Waals surface area contributed by atoms with E-state index in [1.807, 2.05) is 67.7 Å². The first-order valence-corrected chi connectivity index (χ1v) is 10.4. The fourth-order valence-electron chi connectivity index (χ4n) is 2.84. The molecule has 2 N–H and O–H groups in total. The molecule has 0 unspecified atom stereocenters. The van der Waals surface area contributed by atoms with Crippen LogP contribution < -0.4 is 10.9 Å². The molecule has 132 valence electrons. The van der Waals surface area contributed by atoms with E-state index in [4.69, 9.17) is 0 Å². The number of amides is 1. The lowest BCUT2D eigenvalue weighted by atomic mass is 10.1. The first-order valence-electron chi connectivity index (χ1n) is 8.35. The van der Waals surface area contributed by atoms with Crippen molar-refractivity contribution < 1.29 is 4.79 Å². The fourth-order valence-corrected chi connectivity index (χ4v) is 5.74. The molecular formula is C19H22N2O2S2. The van der Waals surface area contributed by atoms with E-state index < -0.39 is 0 Å². The number of aromatic amines is 1. The van der Waals surface area contributed by atoms with Gasteiger partial charge in [0.2, 0.25) is 0 Å². The van der Waals surface area contributed by atoms with Gasteiger partial charge in [-0.15, -0.1) is 23.5 Å². The Morgan fingerprint density at radius 1 is 1.20 bits per heavy atom. The van der Waals surface area contributed by atoms with Crippen molar-refractivity contribution in [3.63, 3.8) is 0 Å². The topological polar surface area (TPSA) is 62.0 Å². The molecule has 2 heterocycles. The Kier molecular flexibility index (Phi) is 5.91. The van der Waals surface area contributed by atoms with Gasteiger partial charge in [-0.05, 0) is 61.1 Å². The SMILES string of the molecule is Cc1cc(C)c(CNC(=O)c2ccc(C3SCCCS3)cc2)c(=O)[nH]1. The third kappa shape index (κ3) is 4.50. The Hall–Kier alpha value is -1.66. The summed E-state index contributed by atoms with van der Waals surface area (Å²) in [6, 6.07) is 9.72. The molecule has 3 rings (SSSR count). The smallest absolute Gasteiger partial charge is 0.253 e. The van der Waals surface area contributed by atoms with Crippen molar-refractivity contribution in [1.82, 2.24) is 10.3 Å². The number of thioether (sulfide) groups is 2. The highest BCUT2D eigenvalue weighted by Crippen LogP contribution is 2.43.